The van der Waals surface area contributed by atoms with Gasteiger partial charge < -0.3 is 15.2 Å². The third-order valence-electron chi connectivity index (χ3n) is 2.72. The smallest absolute Gasteiger partial charge is 0.331 e. The fourth-order valence-electron chi connectivity index (χ4n) is 1.75. The molecule has 2 aromatic rings. The summed E-state index contributed by atoms with van der Waals surface area (Å²) in [7, 11) is 0. The number of thiophene rings is 1. The van der Waals surface area contributed by atoms with Crippen LogP contribution in [0.3, 0.4) is 0 Å². The number of amides is 1. The number of carboxylic acid groups (broad SMARTS) is 1. The molecular formula is C15H15NO4S. The summed E-state index contributed by atoms with van der Waals surface area (Å²) in [5, 5.41) is 13.4. The standard InChI is InChI=1S/C15H15NO4S/c17-13(10-20-9-11-5-2-1-3-6-11)16-14(15(18)19)12-7-4-8-21-12/h1-8,14H,9-10H2,(H,16,17)(H,18,19). The average molecular weight is 305 g/mol. The van der Waals surface area contributed by atoms with Crippen LogP contribution in [-0.4, -0.2) is 23.6 Å². The Morgan fingerprint density at radius 3 is 2.57 bits per heavy atom. The van der Waals surface area contributed by atoms with E-state index in [4.69, 9.17) is 9.84 Å². The Morgan fingerprint density at radius 2 is 1.95 bits per heavy atom. The molecule has 2 rings (SSSR count). The molecule has 1 aromatic carbocycles. The fourth-order valence-corrected chi connectivity index (χ4v) is 2.52. The lowest BCUT2D eigenvalue weighted by Crippen LogP contribution is -2.35. The van der Waals surface area contributed by atoms with Crippen molar-refractivity contribution >= 4 is 23.2 Å². The molecule has 0 saturated carbocycles. The third-order valence-corrected chi connectivity index (χ3v) is 3.66. The first-order valence-corrected chi connectivity index (χ1v) is 7.22. The molecule has 0 saturated heterocycles. The molecule has 1 aromatic heterocycles. The zero-order chi connectivity index (χ0) is 15.1. The van der Waals surface area contributed by atoms with E-state index in [-0.39, 0.29) is 6.61 Å². The van der Waals surface area contributed by atoms with Crippen LogP contribution in [0.25, 0.3) is 0 Å². The summed E-state index contributed by atoms with van der Waals surface area (Å²) in [6.45, 7) is 0.134. The first kappa shape index (κ1) is 15.2. The second-order valence-corrected chi connectivity index (χ2v) is 5.31. The molecule has 1 heterocycles. The Bertz CT molecular complexity index is 583. The first-order chi connectivity index (χ1) is 10.2. The summed E-state index contributed by atoms with van der Waals surface area (Å²) < 4.78 is 5.28. The van der Waals surface area contributed by atoms with Gasteiger partial charge in [-0.1, -0.05) is 36.4 Å². The quantitative estimate of drug-likeness (QED) is 0.822. The molecule has 0 bridgehead atoms. The van der Waals surface area contributed by atoms with E-state index in [1.807, 2.05) is 30.3 Å². The Kier molecular flexibility index (Phi) is 5.48. The number of carbonyl (C=O) groups is 2. The van der Waals surface area contributed by atoms with E-state index in [9.17, 15) is 9.59 Å². The van der Waals surface area contributed by atoms with Gasteiger partial charge in [0.2, 0.25) is 5.91 Å². The lowest BCUT2D eigenvalue weighted by Gasteiger charge is -2.13. The van der Waals surface area contributed by atoms with Gasteiger partial charge in [-0.25, -0.2) is 4.79 Å². The van der Waals surface area contributed by atoms with Crippen LogP contribution < -0.4 is 5.32 Å². The van der Waals surface area contributed by atoms with Crippen molar-refractivity contribution in [3.8, 4) is 0 Å². The summed E-state index contributed by atoms with van der Waals surface area (Å²) in [5.74, 6) is -1.54. The van der Waals surface area contributed by atoms with Crippen LogP contribution in [0.2, 0.25) is 0 Å². The molecular weight excluding hydrogens is 290 g/mol. The van der Waals surface area contributed by atoms with Crippen molar-refractivity contribution in [3.05, 3.63) is 58.3 Å². The molecule has 1 amide bonds. The number of rotatable bonds is 7. The average Bonchev–Trinajstić information content (AvgIpc) is 2.99. The second kappa shape index (κ2) is 7.56. The van der Waals surface area contributed by atoms with Crippen molar-refractivity contribution in [2.24, 2.45) is 0 Å². The third kappa shape index (κ3) is 4.70. The molecule has 0 radical (unpaired) electrons. The number of carbonyl (C=O) groups excluding carboxylic acids is 1. The van der Waals surface area contributed by atoms with Gasteiger partial charge in [0.1, 0.15) is 6.61 Å². The molecule has 21 heavy (non-hydrogen) atoms. The van der Waals surface area contributed by atoms with Crippen molar-refractivity contribution in [1.29, 1.82) is 0 Å². The van der Waals surface area contributed by atoms with E-state index in [0.717, 1.165) is 5.56 Å². The minimum atomic E-state index is -1.09. The molecule has 0 spiro atoms. The Morgan fingerprint density at radius 1 is 1.19 bits per heavy atom. The van der Waals surface area contributed by atoms with Gasteiger partial charge in [-0.3, -0.25) is 4.79 Å². The number of ether oxygens (including phenoxy) is 1. The van der Waals surface area contributed by atoms with Crippen molar-refractivity contribution in [3.63, 3.8) is 0 Å². The van der Waals surface area contributed by atoms with Gasteiger partial charge in [0.25, 0.3) is 0 Å². The van der Waals surface area contributed by atoms with E-state index in [0.29, 0.717) is 11.5 Å². The maximum atomic E-state index is 11.7. The number of carboxylic acids is 1. The Hall–Kier alpha value is -2.18. The zero-order valence-electron chi connectivity index (χ0n) is 11.2. The molecule has 5 nitrogen and oxygen atoms in total. The highest BCUT2D eigenvalue weighted by molar-refractivity contribution is 7.10. The summed E-state index contributed by atoms with van der Waals surface area (Å²) >= 11 is 1.29. The lowest BCUT2D eigenvalue weighted by atomic mass is 10.2. The van der Waals surface area contributed by atoms with E-state index >= 15 is 0 Å². The van der Waals surface area contributed by atoms with E-state index in [1.165, 1.54) is 11.3 Å². The highest BCUT2D eigenvalue weighted by Gasteiger charge is 2.22. The predicted octanol–water partition coefficient (Wildman–Crippen LogP) is 2.21. The number of benzene rings is 1. The number of nitrogens with one attached hydrogen (secondary N) is 1. The molecule has 0 aliphatic rings. The minimum Gasteiger partial charge on any atom is -0.479 e. The molecule has 2 N–H and O–H groups in total. The van der Waals surface area contributed by atoms with Crippen molar-refractivity contribution < 1.29 is 19.4 Å². The summed E-state index contributed by atoms with van der Waals surface area (Å²) in [6, 6.07) is 11.8. The van der Waals surface area contributed by atoms with Crippen LogP contribution in [0, 0.1) is 0 Å². The maximum Gasteiger partial charge on any atom is 0.331 e. The summed E-state index contributed by atoms with van der Waals surface area (Å²) in [6.07, 6.45) is 0. The predicted molar refractivity (Wildman–Crippen MR) is 78.9 cm³/mol. The molecule has 0 aliphatic carbocycles. The topological polar surface area (TPSA) is 75.6 Å². The van der Waals surface area contributed by atoms with Gasteiger partial charge in [0.05, 0.1) is 6.61 Å². The van der Waals surface area contributed by atoms with Crippen LogP contribution in [0.4, 0.5) is 0 Å². The monoisotopic (exact) mass is 305 g/mol. The molecule has 0 fully saturated rings. The molecule has 0 aliphatic heterocycles. The SMILES string of the molecule is O=C(COCc1ccccc1)NC(C(=O)O)c1cccs1. The van der Waals surface area contributed by atoms with E-state index in [1.54, 1.807) is 17.5 Å². The van der Waals surface area contributed by atoms with E-state index < -0.39 is 17.9 Å². The van der Waals surface area contributed by atoms with Crippen LogP contribution >= 0.6 is 11.3 Å². The van der Waals surface area contributed by atoms with Gasteiger partial charge >= 0.3 is 5.97 Å². The number of hydrogen-bond donors (Lipinski definition) is 2. The van der Waals surface area contributed by atoms with Gasteiger partial charge in [-0.15, -0.1) is 11.3 Å². The van der Waals surface area contributed by atoms with Gasteiger partial charge in [0.15, 0.2) is 6.04 Å². The summed E-state index contributed by atoms with van der Waals surface area (Å²) in [5.41, 5.74) is 0.957. The lowest BCUT2D eigenvalue weighted by molar-refractivity contribution is -0.142. The molecule has 6 heteroatoms. The van der Waals surface area contributed by atoms with Gasteiger partial charge in [0, 0.05) is 4.88 Å². The normalized spacial score (nSPS) is 11.8. The minimum absolute atomic E-state index is 0.177. The van der Waals surface area contributed by atoms with E-state index in [2.05, 4.69) is 5.32 Å². The van der Waals surface area contributed by atoms with Gasteiger partial charge in [-0.2, -0.15) is 0 Å². The largest absolute Gasteiger partial charge is 0.479 e. The molecule has 110 valence electrons. The number of hydrogen-bond acceptors (Lipinski definition) is 4. The maximum absolute atomic E-state index is 11.7. The van der Waals surface area contributed by atoms with Crippen molar-refractivity contribution in [2.45, 2.75) is 12.6 Å². The van der Waals surface area contributed by atoms with Crippen molar-refractivity contribution in [1.82, 2.24) is 5.32 Å². The van der Waals surface area contributed by atoms with Crippen LogP contribution in [-0.2, 0) is 20.9 Å². The highest BCUT2D eigenvalue weighted by Crippen LogP contribution is 2.19. The fraction of sp³-hybridized carbons (Fsp3) is 0.200. The Balaban J connectivity index is 1.82. The van der Waals surface area contributed by atoms with Gasteiger partial charge in [-0.05, 0) is 17.0 Å². The zero-order valence-corrected chi connectivity index (χ0v) is 12.0. The van der Waals surface area contributed by atoms with Crippen LogP contribution in [0.1, 0.15) is 16.5 Å². The summed E-state index contributed by atoms with van der Waals surface area (Å²) in [4.78, 5) is 23.5. The highest BCUT2D eigenvalue weighted by atomic mass is 32.1. The second-order valence-electron chi connectivity index (χ2n) is 4.33. The first-order valence-electron chi connectivity index (χ1n) is 6.34. The van der Waals surface area contributed by atoms with Crippen LogP contribution in [0.15, 0.2) is 47.8 Å². The molecule has 1 unspecified atom stereocenters. The Labute approximate surface area is 126 Å². The number of aliphatic carboxylic acids is 1. The molecule has 1 atom stereocenters. The van der Waals surface area contributed by atoms with Crippen LogP contribution in [0.5, 0.6) is 0 Å². The van der Waals surface area contributed by atoms with Crippen molar-refractivity contribution in [2.75, 3.05) is 6.61 Å².